The molecule has 3 aliphatic rings. The molecule has 204 valence electrons. The number of amides is 2. The fourth-order valence-corrected chi connectivity index (χ4v) is 6.48. The van der Waals surface area contributed by atoms with Gasteiger partial charge < -0.3 is 9.80 Å². The molecule has 1 saturated carbocycles. The van der Waals surface area contributed by atoms with Crippen LogP contribution in [-0.2, 0) is 24.4 Å². The molecule has 2 aromatic carbocycles. The molecule has 7 nitrogen and oxygen atoms in total. The molecule has 0 N–H and O–H groups in total. The Morgan fingerprint density at radius 2 is 1.67 bits per heavy atom. The monoisotopic (exact) mass is 525 g/mol. The number of para-hydroxylation sites is 1. The molecule has 2 bridgehead atoms. The van der Waals surface area contributed by atoms with Gasteiger partial charge in [0, 0.05) is 63.3 Å². The Labute approximate surface area is 231 Å². The van der Waals surface area contributed by atoms with Crippen LogP contribution in [0.25, 0.3) is 0 Å². The topological polar surface area (TPSA) is 61.7 Å². The quantitative estimate of drug-likeness (QED) is 0.459. The molecule has 2 atom stereocenters. The van der Waals surface area contributed by atoms with Crippen LogP contribution in [-0.4, -0.2) is 56.6 Å². The summed E-state index contributed by atoms with van der Waals surface area (Å²) in [6.45, 7) is 7.02. The molecule has 0 radical (unpaired) electrons. The number of rotatable bonds is 5. The SMILES string of the molecule is CCn1nc(C2CC2)cc1C(=O)N1Cc2ccccc2N(C(C)=O)CC[C@@H]2CC[C@H](C1)N2Cc1ccccc1. The number of nitrogens with zero attached hydrogens (tertiary/aromatic N) is 5. The van der Waals surface area contributed by atoms with Crippen molar-refractivity contribution in [1.82, 2.24) is 19.6 Å². The van der Waals surface area contributed by atoms with Crippen LogP contribution in [0.15, 0.2) is 60.7 Å². The summed E-state index contributed by atoms with van der Waals surface area (Å²) < 4.78 is 1.88. The summed E-state index contributed by atoms with van der Waals surface area (Å²) in [7, 11) is 0. The average molecular weight is 526 g/mol. The maximum Gasteiger partial charge on any atom is 0.272 e. The van der Waals surface area contributed by atoms with Crippen molar-refractivity contribution < 1.29 is 9.59 Å². The highest BCUT2D eigenvalue weighted by Gasteiger charge is 2.37. The summed E-state index contributed by atoms with van der Waals surface area (Å²) in [6, 6.07) is 21.4. The number of carbonyl (C=O) groups is 2. The summed E-state index contributed by atoms with van der Waals surface area (Å²) >= 11 is 0. The van der Waals surface area contributed by atoms with Gasteiger partial charge in [-0.3, -0.25) is 19.2 Å². The number of benzene rings is 2. The van der Waals surface area contributed by atoms with Crippen molar-refractivity contribution in [3.05, 3.63) is 83.2 Å². The molecule has 0 unspecified atom stereocenters. The van der Waals surface area contributed by atoms with Crippen molar-refractivity contribution in [2.45, 2.75) is 83.6 Å². The van der Waals surface area contributed by atoms with Gasteiger partial charge in [0.15, 0.2) is 0 Å². The van der Waals surface area contributed by atoms with Gasteiger partial charge >= 0.3 is 0 Å². The Morgan fingerprint density at radius 3 is 2.41 bits per heavy atom. The maximum absolute atomic E-state index is 14.3. The van der Waals surface area contributed by atoms with Gasteiger partial charge in [0.05, 0.1) is 5.69 Å². The lowest BCUT2D eigenvalue weighted by Gasteiger charge is -2.34. The third kappa shape index (κ3) is 5.37. The fourth-order valence-electron chi connectivity index (χ4n) is 6.48. The van der Waals surface area contributed by atoms with Crippen LogP contribution in [0.1, 0.15) is 79.2 Å². The van der Waals surface area contributed by atoms with Gasteiger partial charge in [0.1, 0.15) is 5.69 Å². The first-order valence-corrected chi connectivity index (χ1v) is 14.5. The number of carbonyl (C=O) groups excluding carboxylic acids is 2. The number of hydrogen-bond donors (Lipinski definition) is 0. The van der Waals surface area contributed by atoms with E-state index in [0.29, 0.717) is 43.8 Å². The third-order valence-corrected chi connectivity index (χ3v) is 8.72. The molecule has 1 aromatic heterocycles. The predicted octanol–water partition coefficient (Wildman–Crippen LogP) is 5.21. The Hall–Kier alpha value is -3.45. The molecule has 2 fully saturated rings. The molecular weight excluding hydrogens is 486 g/mol. The number of aromatic nitrogens is 2. The van der Waals surface area contributed by atoms with Gasteiger partial charge in [-0.05, 0) is 62.3 Å². The predicted molar refractivity (Wildman–Crippen MR) is 152 cm³/mol. The highest BCUT2D eigenvalue weighted by Crippen LogP contribution is 2.40. The lowest BCUT2D eigenvalue weighted by atomic mass is 10.1. The summed E-state index contributed by atoms with van der Waals surface area (Å²) in [4.78, 5) is 33.7. The minimum absolute atomic E-state index is 0.0304. The molecule has 6 rings (SSSR count). The molecule has 0 spiro atoms. The molecule has 3 heterocycles. The van der Waals surface area contributed by atoms with Gasteiger partial charge in [-0.15, -0.1) is 0 Å². The number of aryl methyl sites for hydroxylation is 1. The van der Waals surface area contributed by atoms with Gasteiger partial charge in [0.25, 0.3) is 5.91 Å². The molecular formula is C32H39N5O2. The average Bonchev–Trinajstić information content (AvgIpc) is 3.60. The zero-order valence-electron chi connectivity index (χ0n) is 23.1. The molecule has 2 aliphatic heterocycles. The van der Waals surface area contributed by atoms with Crippen molar-refractivity contribution in [3.63, 3.8) is 0 Å². The summed E-state index contributed by atoms with van der Waals surface area (Å²) in [5.41, 5.74) is 4.94. The molecule has 1 aliphatic carbocycles. The van der Waals surface area contributed by atoms with Gasteiger partial charge in [-0.1, -0.05) is 48.5 Å². The standard InChI is InChI=1S/C32H39N5O2/c1-3-37-31(19-29(33-37)25-13-14-25)32(39)34-21-26-11-7-8-12-30(26)35(23(2)38)18-17-27-15-16-28(22-34)36(27)20-24-9-5-4-6-10-24/h4-12,19,25,27-28H,3,13-18,20-22H2,1-2H3/t27-,28+/m0/s1. The highest BCUT2D eigenvalue weighted by atomic mass is 16.2. The number of fused-ring (bicyclic) bond motifs is 3. The first-order chi connectivity index (χ1) is 19.0. The molecule has 1 saturated heterocycles. The van der Waals surface area contributed by atoms with Gasteiger partial charge in [0.2, 0.25) is 5.91 Å². The Balaban J connectivity index is 1.39. The van der Waals surface area contributed by atoms with Crippen LogP contribution in [0.4, 0.5) is 5.69 Å². The zero-order valence-corrected chi connectivity index (χ0v) is 23.1. The largest absolute Gasteiger partial charge is 0.331 e. The van der Waals surface area contributed by atoms with E-state index in [-0.39, 0.29) is 17.9 Å². The van der Waals surface area contributed by atoms with E-state index in [0.717, 1.165) is 55.6 Å². The maximum atomic E-state index is 14.3. The minimum atomic E-state index is 0.0304. The van der Waals surface area contributed by atoms with E-state index in [1.807, 2.05) is 38.7 Å². The lowest BCUT2D eigenvalue weighted by molar-refractivity contribution is -0.116. The van der Waals surface area contributed by atoms with Gasteiger partial charge in [-0.2, -0.15) is 5.10 Å². The second kappa shape index (κ2) is 11.0. The van der Waals surface area contributed by atoms with Crippen molar-refractivity contribution in [3.8, 4) is 0 Å². The van der Waals surface area contributed by atoms with Crippen molar-refractivity contribution in [1.29, 1.82) is 0 Å². The van der Waals surface area contributed by atoms with E-state index >= 15 is 0 Å². The van der Waals surface area contributed by atoms with E-state index < -0.39 is 0 Å². The molecule has 39 heavy (non-hydrogen) atoms. The Kier molecular flexibility index (Phi) is 7.26. The normalized spacial score (nSPS) is 21.9. The van der Waals surface area contributed by atoms with Crippen LogP contribution >= 0.6 is 0 Å². The van der Waals surface area contributed by atoms with Crippen LogP contribution in [0.5, 0.6) is 0 Å². The van der Waals surface area contributed by atoms with E-state index in [1.165, 1.54) is 5.56 Å². The molecule has 2 amide bonds. The summed E-state index contributed by atoms with van der Waals surface area (Å²) in [5.74, 6) is 0.568. The first kappa shape index (κ1) is 25.8. The zero-order chi connectivity index (χ0) is 26.9. The van der Waals surface area contributed by atoms with Crippen LogP contribution in [0.3, 0.4) is 0 Å². The first-order valence-electron chi connectivity index (χ1n) is 14.5. The smallest absolute Gasteiger partial charge is 0.272 e. The van der Waals surface area contributed by atoms with E-state index in [2.05, 4.69) is 48.2 Å². The van der Waals surface area contributed by atoms with Crippen LogP contribution < -0.4 is 4.90 Å². The van der Waals surface area contributed by atoms with E-state index in [1.54, 1.807) is 6.92 Å². The number of hydrogen-bond acceptors (Lipinski definition) is 4. The van der Waals surface area contributed by atoms with Crippen LogP contribution in [0.2, 0.25) is 0 Å². The van der Waals surface area contributed by atoms with Crippen molar-refractivity contribution in [2.24, 2.45) is 0 Å². The second-order valence-corrected chi connectivity index (χ2v) is 11.4. The van der Waals surface area contributed by atoms with Crippen LogP contribution in [0, 0.1) is 0 Å². The fraction of sp³-hybridized carbons (Fsp3) is 0.469. The van der Waals surface area contributed by atoms with Crippen molar-refractivity contribution >= 4 is 17.5 Å². The Bertz CT molecular complexity index is 1330. The number of anilines is 1. The molecule has 7 heteroatoms. The second-order valence-electron chi connectivity index (χ2n) is 11.4. The van der Waals surface area contributed by atoms with Crippen molar-refractivity contribution in [2.75, 3.05) is 18.0 Å². The summed E-state index contributed by atoms with van der Waals surface area (Å²) in [6.07, 6.45) is 5.35. The lowest BCUT2D eigenvalue weighted by Crippen LogP contribution is -2.45. The minimum Gasteiger partial charge on any atom is -0.331 e. The van der Waals surface area contributed by atoms with E-state index in [9.17, 15) is 9.59 Å². The third-order valence-electron chi connectivity index (χ3n) is 8.72. The summed E-state index contributed by atoms with van der Waals surface area (Å²) in [5, 5.41) is 4.80. The molecule has 3 aromatic rings. The van der Waals surface area contributed by atoms with E-state index in [4.69, 9.17) is 5.10 Å². The Morgan fingerprint density at radius 1 is 0.923 bits per heavy atom. The van der Waals surface area contributed by atoms with Gasteiger partial charge in [-0.25, -0.2) is 0 Å². The highest BCUT2D eigenvalue weighted by molar-refractivity contribution is 5.94.